The van der Waals surface area contributed by atoms with Crippen molar-refractivity contribution in [3.8, 4) is 0 Å². The number of carbonyl (C=O) groups excluding carboxylic acids is 6. The third-order valence-corrected chi connectivity index (χ3v) is 17.2. The normalized spacial score (nSPS) is 12.5. The lowest BCUT2D eigenvalue weighted by Crippen LogP contribution is -2.44. The molecule has 3 aromatic heterocycles. The summed E-state index contributed by atoms with van der Waals surface area (Å²) in [6.07, 6.45) is 5.52. The van der Waals surface area contributed by atoms with Crippen molar-refractivity contribution in [2.24, 2.45) is 17.2 Å². The molecule has 0 saturated carbocycles. The zero-order valence-electron chi connectivity index (χ0n) is 53.2. The summed E-state index contributed by atoms with van der Waals surface area (Å²) in [5.41, 5.74) is 33.3. The lowest BCUT2D eigenvalue weighted by molar-refractivity contribution is -0.126. The topological polar surface area (TPSA) is 300 Å². The minimum Gasteiger partial charge on any atom is -0.358 e. The van der Waals surface area contributed by atoms with Gasteiger partial charge < -0.3 is 64.1 Å². The molecule has 0 unspecified atom stereocenters. The molecule has 91 heavy (non-hydrogen) atoms. The Hall–Kier alpha value is -9.36. The Kier molecular flexibility index (Phi) is 22.4. The van der Waals surface area contributed by atoms with Gasteiger partial charge in [0.05, 0.1) is 19.3 Å². The summed E-state index contributed by atoms with van der Waals surface area (Å²) in [6, 6.07) is 38.5. The maximum atomic E-state index is 14.1. The Morgan fingerprint density at radius 3 is 0.879 bits per heavy atom. The number of aromatic amines is 3. The number of aromatic nitrogens is 3. The second kappa shape index (κ2) is 30.9. The molecule has 18 nitrogen and oxygen atoms in total. The second-order valence-corrected chi connectivity index (χ2v) is 24.3. The summed E-state index contributed by atoms with van der Waals surface area (Å²) < 4.78 is 0. The largest absolute Gasteiger partial charge is 0.358 e. The third-order valence-electron chi connectivity index (χ3n) is 17.2. The SMILES string of the molecule is Cc1ccc2[nH]c(C)c(CC(=O)N[C@H](CCCCN)C(=O)Nc3ccc(C(c4ccc(NC(=O)[C@@H](CCCCN)NC(=O)Cc5c(C)[nH]c6ccc(C)cc56)cc4)c4ccc(NC(=O)[C@@H](CCCCN)NC(=O)Cc5c(C)[nH]c6ccc(C)cc56)cc4)cc3)c2c1. The van der Waals surface area contributed by atoms with Crippen LogP contribution < -0.4 is 49.1 Å². The molecular formula is C73H88N12O6. The lowest BCUT2D eigenvalue weighted by atomic mass is 9.85. The molecule has 0 spiro atoms. The number of carbonyl (C=O) groups is 6. The maximum absolute atomic E-state index is 14.1. The monoisotopic (exact) mass is 1230 g/mol. The highest BCUT2D eigenvalue weighted by molar-refractivity contribution is 6.01. The highest BCUT2D eigenvalue weighted by Gasteiger charge is 2.27. The number of amides is 6. The Morgan fingerprint density at radius 1 is 0.363 bits per heavy atom. The van der Waals surface area contributed by atoms with Crippen LogP contribution in [0.3, 0.4) is 0 Å². The van der Waals surface area contributed by atoms with Crippen LogP contribution in [0.25, 0.3) is 32.7 Å². The molecule has 3 atom stereocenters. The number of aryl methyl sites for hydroxylation is 6. The van der Waals surface area contributed by atoms with Gasteiger partial charge in [-0.2, -0.15) is 0 Å². The fourth-order valence-corrected chi connectivity index (χ4v) is 12.2. The van der Waals surface area contributed by atoms with E-state index in [1.54, 1.807) is 0 Å². The highest BCUT2D eigenvalue weighted by atomic mass is 16.2. The number of rotatable bonds is 30. The fourth-order valence-electron chi connectivity index (χ4n) is 12.2. The Labute approximate surface area is 532 Å². The fraction of sp³-hybridized carbons (Fsp3) is 0.342. The first-order valence-corrected chi connectivity index (χ1v) is 31.8. The molecule has 15 N–H and O–H groups in total. The number of hydrogen-bond donors (Lipinski definition) is 12. The molecule has 9 rings (SSSR count). The quantitative estimate of drug-likeness (QED) is 0.0150. The Balaban J connectivity index is 0.941. The number of fused-ring (bicyclic) bond motifs is 3. The van der Waals surface area contributed by atoms with Gasteiger partial charge in [-0.3, -0.25) is 28.8 Å². The molecular weight excluding hydrogens is 1140 g/mol. The van der Waals surface area contributed by atoms with Gasteiger partial charge in [0.15, 0.2) is 0 Å². The lowest BCUT2D eigenvalue weighted by Gasteiger charge is -2.22. The van der Waals surface area contributed by atoms with Crippen LogP contribution in [0.2, 0.25) is 0 Å². The van der Waals surface area contributed by atoms with Gasteiger partial charge in [-0.05, 0) is 225 Å². The summed E-state index contributed by atoms with van der Waals surface area (Å²) >= 11 is 0. The van der Waals surface area contributed by atoms with Crippen LogP contribution in [-0.4, -0.2) is 88.2 Å². The molecule has 476 valence electrons. The molecule has 3 heterocycles. The van der Waals surface area contributed by atoms with Crippen molar-refractivity contribution < 1.29 is 28.8 Å². The number of unbranched alkanes of at least 4 members (excludes halogenated alkanes) is 3. The Morgan fingerprint density at radius 2 is 0.626 bits per heavy atom. The van der Waals surface area contributed by atoms with Gasteiger partial charge in [-0.15, -0.1) is 0 Å². The molecule has 0 aliphatic rings. The standard InChI is InChI=1S/C73H88N12O6/c1-43-16-31-61-58(37-43)55(46(4)77-61)40-67(86)83-64(13-7-10-34-74)71(89)80-52-25-19-49(20-26-52)70(50-21-27-53(28-22-50)81-72(90)65(14-8-11-35-75)84-68(87)41-56-47(5)78-62-32-17-44(2)38-59(56)62)51-23-29-54(30-24-51)82-73(91)66(15-9-12-36-76)85-69(88)42-57-48(6)79-63-33-18-45(3)39-60(57)63/h16-33,37-39,64-66,70,77-79H,7-15,34-36,40-42,74-76H2,1-6H3,(H,80,89)(H,81,90)(H,82,91)(H,83,86)(H,84,87)(H,85,88)/t64-,65-,66-/m1/s1. The smallest absolute Gasteiger partial charge is 0.246 e. The van der Waals surface area contributed by atoms with Crippen molar-refractivity contribution in [1.82, 2.24) is 30.9 Å². The first-order chi connectivity index (χ1) is 43.9. The van der Waals surface area contributed by atoms with E-state index in [9.17, 15) is 28.8 Å². The first-order valence-electron chi connectivity index (χ1n) is 31.8. The van der Waals surface area contributed by atoms with Gasteiger partial charge in [-0.25, -0.2) is 0 Å². The predicted molar refractivity (Wildman–Crippen MR) is 365 cm³/mol. The third kappa shape index (κ3) is 17.1. The molecule has 0 aliphatic carbocycles. The summed E-state index contributed by atoms with van der Waals surface area (Å²) in [5.74, 6) is -2.23. The van der Waals surface area contributed by atoms with Crippen LogP contribution in [0, 0.1) is 41.5 Å². The molecule has 9 aromatic rings. The average Bonchev–Trinajstić information content (AvgIpc) is 1.83. The predicted octanol–water partition coefficient (Wildman–Crippen LogP) is 10.5. The van der Waals surface area contributed by atoms with Gasteiger partial charge in [0.25, 0.3) is 0 Å². The van der Waals surface area contributed by atoms with Crippen molar-refractivity contribution in [2.75, 3.05) is 35.6 Å². The average molecular weight is 1230 g/mol. The van der Waals surface area contributed by atoms with Crippen molar-refractivity contribution >= 4 is 85.2 Å². The van der Waals surface area contributed by atoms with E-state index in [4.69, 9.17) is 17.2 Å². The minimum absolute atomic E-state index is 0.105. The second-order valence-electron chi connectivity index (χ2n) is 24.3. The number of nitrogens with two attached hydrogens (primary N) is 3. The van der Waals surface area contributed by atoms with E-state index >= 15 is 0 Å². The van der Waals surface area contributed by atoms with Crippen molar-refractivity contribution in [3.05, 3.63) is 195 Å². The van der Waals surface area contributed by atoms with Gasteiger partial charge in [-0.1, -0.05) is 71.3 Å². The van der Waals surface area contributed by atoms with Crippen LogP contribution in [0.15, 0.2) is 127 Å². The van der Waals surface area contributed by atoms with Gasteiger partial charge in [0.1, 0.15) is 18.1 Å². The number of anilines is 3. The minimum atomic E-state index is -0.815. The van der Waals surface area contributed by atoms with Crippen LogP contribution in [0.5, 0.6) is 0 Å². The molecule has 6 amide bonds. The highest BCUT2D eigenvalue weighted by Crippen LogP contribution is 2.35. The van der Waals surface area contributed by atoms with Crippen LogP contribution in [0.1, 0.15) is 131 Å². The van der Waals surface area contributed by atoms with E-state index in [0.29, 0.717) is 94.5 Å². The zero-order valence-corrected chi connectivity index (χ0v) is 53.2. The molecule has 18 heteroatoms. The van der Waals surface area contributed by atoms with Crippen LogP contribution >= 0.6 is 0 Å². The number of benzene rings is 6. The van der Waals surface area contributed by atoms with E-state index in [-0.39, 0.29) is 60.6 Å². The van der Waals surface area contributed by atoms with Gasteiger partial charge in [0, 0.05) is 72.8 Å². The summed E-state index contributed by atoms with van der Waals surface area (Å²) in [4.78, 5) is 93.8. The van der Waals surface area contributed by atoms with E-state index in [1.807, 2.05) is 151 Å². The van der Waals surface area contributed by atoms with Gasteiger partial charge >= 0.3 is 0 Å². The molecule has 6 aromatic carbocycles. The Bertz CT molecular complexity index is 3620. The van der Waals surface area contributed by atoms with E-state index in [2.05, 4.69) is 65.1 Å². The molecule has 0 bridgehead atoms. The van der Waals surface area contributed by atoms with Crippen molar-refractivity contribution in [1.29, 1.82) is 0 Å². The molecule has 0 fully saturated rings. The van der Waals surface area contributed by atoms with Crippen LogP contribution in [-0.2, 0) is 48.0 Å². The van der Waals surface area contributed by atoms with Gasteiger partial charge in [0.2, 0.25) is 35.4 Å². The number of nitrogens with one attached hydrogen (secondary N) is 9. The van der Waals surface area contributed by atoms with E-state index in [1.165, 1.54) is 0 Å². The van der Waals surface area contributed by atoms with Crippen molar-refractivity contribution in [3.63, 3.8) is 0 Å². The summed E-state index contributed by atoms with van der Waals surface area (Å²) in [5, 5.41) is 21.2. The van der Waals surface area contributed by atoms with Crippen molar-refractivity contribution in [2.45, 2.75) is 143 Å². The molecule has 0 aliphatic heterocycles. The number of H-pyrrole nitrogens is 3. The van der Waals surface area contributed by atoms with E-state index < -0.39 is 18.1 Å². The zero-order chi connectivity index (χ0) is 64.7. The summed E-state index contributed by atoms with van der Waals surface area (Å²) in [6.45, 7) is 13.3. The van der Waals surface area contributed by atoms with Crippen LogP contribution in [0.4, 0.5) is 17.1 Å². The molecule has 0 radical (unpaired) electrons. The number of hydrogen-bond acceptors (Lipinski definition) is 9. The van der Waals surface area contributed by atoms with E-state index in [0.717, 1.165) is 99.9 Å². The summed E-state index contributed by atoms with van der Waals surface area (Å²) in [7, 11) is 0. The first kappa shape index (κ1) is 66.1. The molecule has 0 saturated heterocycles. The maximum Gasteiger partial charge on any atom is 0.246 e.